The molecule has 0 aliphatic carbocycles. The van der Waals surface area contributed by atoms with Gasteiger partial charge in [0.25, 0.3) is 0 Å². The predicted octanol–water partition coefficient (Wildman–Crippen LogP) is -2.54. The fourth-order valence-corrected chi connectivity index (χ4v) is 10.5. The van der Waals surface area contributed by atoms with Gasteiger partial charge in [0.15, 0.2) is 0 Å². The predicted molar refractivity (Wildman–Crippen MR) is 335 cm³/mol. The van der Waals surface area contributed by atoms with Gasteiger partial charge in [0.2, 0.25) is 65.0 Å². The molecule has 0 fully saturated rings. The molecule has 492 valence electrons. The standard InChI is InChI=1S/C60H75N15O16S/c1-29(76)51(75-55(85)42(19-20-92-2)70-57(87)45(25-49(64)79)72-58(88)44(24-48(63)78)71-52(82)36(61)21-30-26-65-37-12-6-3-9-33(30)37)59(89)73-43(22-31-27-66-38-13-7-4-10-34(31)38)56(86)69-40(15-17-47(62)77)53(83)68-41(16-18-50(80)81)54(84)74-46(60(90)91)23-32-28-67-39-14-8-5-11-35(32)39/h3-14,26-29,36,40-46,51,65-67,76H,15-25,61H2,1-2H3,(H2,62,77)(H2,63,78)(H2,64,79)(H,68,83)(H,69,86)(H,70,87)(H,71,82)(H,72,88)(H,73,89)(H,74,84)(H,75,85)(H,80,81)(H,90,91)/t29-,36+,40+,41+,42+,43+,44+,45+,46+,51+/m1/s1. The van der Waals surface area contributed by atoms with E-state index in [-0.39, 0.29) is 31.4 Å². The normalized spacial score (nSPS) is 14.5. The third kappa shape index (κ3) is 20.3. The number of carbonyl (C=O) groups is 13. The minimum Gasteiger partial charge on any atom is -0.481 e. The molecule has 6 aromatic rings. The van der Waals surface area contributed by atoms with Crippen molar-refractivity contribution >= 4 is 121 Å². The first-order valence-electron chi connectivity index (χ1n) is 29.0. The zero-order chi connectivity index (χ0) is 67.3. The Kier molecular flexibility index (Phi) is 25.7. The summed E-state index contributed by atoms with van der Waals surface area (Å²) < 4.78 is 0. The van der Waals surface area contributed by atoms with E-state index in [0.29, 0.717) is 38.5 Å². The van der Waals surface area contributed by atoms with Gasteiger partial charge in [-0.15, -0.1) is 0 Å². The summed E-state index contributed by atoms with van der Waals surface area (Å²) in [6.07, 6.45) is -0.154. The van der Waals surface area contributed by atoms with Crippen molar-refractivity contribution in [3.63, 3.8) is 0 Å². The van der Waals surface area contributed by atoms with Crippen LogP contribution in [0.3, 0.4) is 0 Å². The van der Waals surface area contributed by atoms with Crippen LogP contribution in [-0.4, -0.2) is 180 Å². The molecular weight excluding hydrogens is 1220 g/mol. The van der Waals surface area contributed by atoms with Crippen molar-refractivity contribution in [3.05, 3.63) is 108 Å². The van der Waals surface area contributed by atoms with Crippen molar-refractivity contribution in [2.24, 2.45) is 22.9 Å². The number of hydrogen-bond acceptors (Lipinski definition) is 16. The van der Waals surface area contributed by atoms with Crippen LogP contribution >= 0.6 is 11.8 Å². The van der Waals surface area contributed by atoms with Crippen molar-refractivity contribution in [3.8, 4) is 0 Å². The Labute approximate surface area is 529 Å². The molecule has 0 bridgehead atoms. The van der Waals surface area contributed by atoms with Crippen LogP contribution in [0.1, 0.15) is 68.6 Å². The molecule has 3 heterocycles. The maximum atomic E-state index is 14.7. The lowest BCUT2D eigenvalue weighted by atomic mass is 10.0. The van der Waals surface area contributed by atoms with E-state index in [0.717, 1.165) is 17.8 Å². The molecule has 31 nitrogen and oxygen atoms in total. The van der Waals surface area contributed by atoms with Crippen LogP contribution in [0.25, 0.3) is 32.7 Å². The lowest BCUT2D eigenvalue weighted by Gasteiger charge is -2.29. The first-order chi connectivity index (χ1) is 43.7. The molecule has 92 heavy (non-hydrogen) atoms. The van der Waals surface area contributed by atoms with Gasteiger partial charge in [-0.1, -0.05) is 54.6 Å². The summed E-state index contributed by atoms with van der Waals surface area (Å²) in [5, 5.41) is 52.1. The Morgan fingerprint density at radius 3 is 1.23 bits per heavy atom. The summed E-state index contributed by atoms with van der Waals surface area (Å²) in [6.45, 7) is 1.12. The number of aliphatic hydroxyl groups is 1. The molecule has 0 aliphatic heterocycles. The van der Waals surface area contributed by atoms with E-state index < -0.39 is 176 Å². The smallest absolute Gasteiger partial charge is 0.326 e. The quantitative estimate of drug-likeness (QED) is 0.0191. The molecule has 3 aromatic carbocycles. The maximum absolute atomic E-state index is 14.7. The first-order valence-corrected chi connectivity index (χ1v) is 30.4. The summed E-state index contributed by atoms with van der Waals surface area (Å²) in [4.78, 5) is 183. The largest absolute Gasteiger partial charge is 0.481 e. The highest BCUT2D eigenvalue weighted by Gasteiger charge is 2.38. The van der Waals surface area contributed by atoms with Crippen LogP contribution in [0, 0.1) is 0 Å². The van der Waals surface area contributed by atoms with E-state index in [1.54, 1.807) is 85.4 Å². The highest BCUT2D eigenvalue weighted by Crippen LogP contribution is 2.22. The van der Waals surface area contributed by atoms with Gasteiger partial charge in [0.1, 0.15) is 48.3 Å². The minimum absolute atomic E-state index is 0.00808. The summed E-state index contributed by atoms with van der Waals surface area (Å²) in [6, 6.07) is 5.84. The third-order valence-electron chi connectivity index (χ3n) is 14.9. The number of thioether (sulfide) groups is 1. The maximum Gasteiger partial charge on any atom is 0.326 e. The molecule has 0 spiro atoms. The SMILES string of the molecule is CSCC[C@H](NC(=O)[C@H](CC(N)=O)NC(=O)[C@H](CC(N)=O)NC(=O)[C@@H](N)Cc1c[nH]c2ccccc12)C(=O)N[C@H](C(=O)N[C@@H](Cc1c[nH]c2ccccc12)C(=O)N[C@@H](CCC(N)=O)C(=O)N[C@@H](CCC(=O)O)C(=O)N[C@@H](Cc1c[nH]c2ccccc12)C(=O)O)[C@@H](C)O. The molecule has 3 aromatic heterocycles. The van der Waals surface area contributed by atoms with Crippen molar-refractivity contribution in [1.82, 2.24) is 57.5 Å². The van der Waals surface area contributed by atoms with E-state index in [4.69, 9.17) is 22.9 Å². The number of carboxylic acids is 2. The zero-order valence-electron chi connectivity index (χ0n) is 50.1. The number of rotatable bonds is 37. The van der Waals surface area contributed by atoms with Gasteiger partial charge in [-0.25, -0.2) is 4.79 Å². The number of aliphatic carboxylic acids is 2. The highest BCUT2D eigenvalue weighted by atomic mass is 32.2. The fraction of sp³-hybridized carbons (Fsp3) is 0.383. The van der Waals surface area contributed by atoms with Crippen LogP contribution < -0.4 is 65.5 Å². The second kappa shape index (κ2) is 33.5. The fourth-order valence-electron chi connectivity index (χ4n) is 10.1. The molecular formula is C60H75N15O16S. The zero-order valence-corrected chi connectivity index (χ0v) is 50.9. The van der Waals surface area contributed by atoms with Gasteiger partial charge in [0, 0.05) is 77.0 Å². The number of carboxylic acid groups (broad SMARTS) is 2. The van der Waals surface area contributed by atoms with Crippen molar-refractivity contribution in [2.45, 2.75) is 132 Å². The Morgan fingerprint density at radius 2 is 0.804 bits per heavy atom. The number of amides is 11. The average molecular weight is 1290 g/mol. The van der Waals surface area contributed by atoms with Gasteiger partial charge in [-0.2, -0.15) is 11.8 Å². The van der Waals surface area contributed by atoms with Crippen molar-refractivity contribution < 1.29 is 77.6 Å². The molecule has 0 saturated carbocycles. The average Bonchev–Trinajstić information content (AvgIpc) is 1.71. The van der Waals surface area contributed by atoms with Crippen LogP contribution in [0.2, 0.25) is 0 Å². The van der Waals surface area contributed by atoms with Crippen molar-refractivity contribution in [2.75, 3.05) is 12.0 Å². The van der Waals surface area contributed by atoms with Gasteiger partial charge < -0.3 is 95.7 Å². The number of hydrogen-bond donors (Lipinski definition) is 18. The molecule has 0 saturated heterocycles. The molecule has 0 aliphatic rings. The Bertz CT molecular complexity index is 3700. The molecule has 32 heteroatoms. The minimum atomic E-state index is -1.93. The summed E-state index contributed by atoms with van der Waals surface area (Å²) >= 11 is 1.22. The number of benzene rings is 3. The summed E-state index contributed by atoms with van der Waals surface area (Å²) in [5.74, 6) is -14.7. The number of nitrogens with one attached hydrogen (secondary N) is 11. The molecule has 10 atom stereocenters. The van der Waals surface area contributed by atoms with Gasteiger partial charge in [0.05, 0.1) is 25.0 Å². The number of aromatic amines is 3. The Morgan fingerprint density at radius 1 is 0.446 bits per heavy atom. The topological polar surface area (TPSA) is 530 Å². The second-order valence-electron chi connectivity index (χ2n) is 21.9. The van der Waals surface area contributed by atoms with Crippen LogP contribution in [0.4, 0.5) is 0 Å². The highest BCUT2D eigenvalue weighted by molar-refractivity contribution is 7.98. The molecule has 11 amide bonds. The van der Waals surface area contributed by atoms with E-state index >= 15 is 0 Å². The molecule has 0 unspecified atom stereocenters. The summed E-state index contributed by atoms with van der Waals surface area (Å²) in [7, 11) is 0. The first kappa shape index (κ1) is 70.7. The number of para-hydroxylation sites is 3. The monoisotopic (exact) mass is 1290 g/mol. The number of H-pyrrole nitrogens is 3. The number of aromatic nitrogens is 3. The Balaban J connectivity index is 1.20. The van der Waals surface area contributed by atoms with Gasteiger partial charge in [-0.05, 0) is 79.5 Å². The second-order valence-corrected chi connectivity index (χ2v) is 22.8. The number of carbonyl (C=O) groups excluding carboxylic acids is 11. The van der Waals surface area contributed by atoms with Crippen molar-refractivity contribution in [1.29, 1.82) is 0 Å². The molecule has 6 rings (SSSR count). The lowest BCUT2D eigenvalue weighted by molar-refractivity contribution is -0.143. The number of primary amides is 3. The van der Waals surface area contributed by atoms with Crippen LogP contribution in [-0.2, 0) is 81.6 Å². The Hall–Kier alpha value is -10.3. The van der Waals surface area contributed by atoms with Crippen LogP contribution in [0.15, 0.2) is 91.4 Å². The summed E-state index contributed by atoms with van der Waals surface area (Å²) in [5.41, 5.74) is 26.3. The number of fused-ring (bicyclic) bond motifs is 3. The van der Waals surface area contributed by atoms with Crippen LogP contribution in [0.5, 0.6) is 0 Å². The van der Waals surface area contributed by atoms with E-state index in [1.807, 2.05) is 6.07 Å². The van der Waals surface area contributed by atoms with E-state index in [9.17, 15) is 77.6 Å². The van der Waals surface area contributed by atoms with Gasteiger partial charge in [-0.3, -0.25) is 57.5 Å². The molecule has 0 radical (unpaired) electrons. The third-order valence-corrected chi connectivity index (χ3v) is 15.5. The van der Waals surface area contributed by atoms with E-state index in [2.05, 4.69) is 57.5 Å². The van der Waals surface area contributed by atoms with Gasteiger partial charge >= 0.3 is 11.9 Å². The molecule has 22 N–H and O–H groups in total. The van der Waals surface area contributed by atoms with E-state index in [1.165, 1.54) is 18.0 Å². The lowest BCUT2D eigenvalue weighted by Crippen LogP contribution is -2.62. The number of aliphatic hydroxyl groups excluding tert-OH is 1. The number of nitrogens with two attached hydrogens (primary N) is 4.